The molecule has 0 saturated carbocycles. The number of hydrogen-bond donors (Lipinski definition) is 1. The van der Waals surface area contributed by atoms with Crippen LogP contribution in [-0.2, 0) is 17.9 Å². The highest BCUT2D eigenvalue weighted by molar-refractivity contribution is 7.09. The van der Waals surface area contributed by atoms with Gasteiger partial charge in [0.15, 0.2) is 0 Å². The van der Waals surface area contributed by atoms with Crippen molar-refractivity contribution in [3.05, 3.63) is 16.1 Å². The number of thiazole rings is 1. The second-order valence-corrected chi connectivity index (χ2v) is 5.61. The molecule has 0 fully saturated rings. The van der Waals surface area contributed by atoms with Crippen molar-refractivity contribution in [3.8, 4) is 0 Å². The first kappa shape index (κ1) is 14.6. The lowest BCUT2D eigenvalue weighted by atomic mass is 10.2. The Bertz CT molecular complexity index is 299. The Morgan fingerprint density at radius 3 is 3.00 bits per heavy atom. The molecule has 98 valence electrons. The van der Waals surface area contributed by atoms with Crippen molar-refractivity contribution >= 4 is 11.3 Å². The van der Waals surface area contributed by atoms with Crippen molar-refractivity contribution in [2.24, 2.45) is 5.92 Å². The third-order valence-corrected chi connectivity index (χ3v) is 3.22. The van der Waals surface area contributed by atoms with E-state index in [1.807, 2.05) is 0 Å². The highest BCUT2D eigenvalue weighted by Crippen LogP contribution is 2.10. The average Bonchev–Trinajstić information content (AvgIpc) is 2.72. The van der Waals surface area contributed by atoms with Gasteiger partial charge >= 0.3 is 0 Å². The summed E-state index contributed by atoms with van der Waals surface area (Å²) >= 11 is 1.71. The fraction of sp³-hybridized carbons (Fsp3) is 0.769. The zero-order chi connectivity index (χ0) is 12.5. The van der Waals surface area contributed by atoms with Crippen LogP contribution in [0, 0.1) is 5.92 Å². The van der Waals surface area contributed by atoms with E-state index in [1.54, 1.807) is 11.3 Å². The molecule has 0 bridgehead atoms. The van der Waals surface area contributed by atoms with Gasteiger partial charge in [0.2, 0.25) is 0 Å². The molecule has 0 aliphatic heterocycles. The van der Waals surface area contributed by atoms with Crippen LogP contribution in [0.2, 0.25) is 0 Å². The molecule has 1 aromatic rings. The molecule has 0 amide bonds. The summed E-state index contributed by atoms with van der Waals surface area (Å²) in [6, 6.07) is 0. The van der Waals surface area contributed by atoms with E-state index in [4.69, 9.17) is 4.74 Å². The molecular weight excluding hydrogens is 232 g/mol. The molecule has 1 heterocycles. The summed E-state index contributed by atoms with van der Waals surface area (Å²) < 4.78 is 5.54. The SMILES string of the molecule is CCCCOCc1csc(CNCC(C)C)n1. The van der Waals surface area contributed by atoms with Crippen LogP contribution in [0.5, 0.6) is 0 Å². The van der Waals surface area contributed by atoms with E-state index in [0.717, 1.165) is 36.8 Å². The van der Waals surface area contributed by atoms with Gasteiger partial charge in [-0.05, 0) is 18.9 Å². The second kappa shape index (κ2) is 8.61. The Labute approximate surface area is 109 Å². The van der Waals surface area contributed by atoms with E-state index < -0.39 is 0 Å². The quantitative estimate of drug-likeness (QED) is 0.689. The van der Waals surface area contributed by atoms with Crippen molar-refractivity contribution in [2.75, 3.05) is 13.2 Å². The first-order valence-electron chi connectivity index (χ1n) is 6.44. The molecule has 0 aliphatic carbocycles. The van der Waals surface area contributed by atoms with E-state index in [2.05, 4.69) is 36.5 Å². The van der Waals surface area contributed by atoms with Crippen molar-refractivity contribution < 1.29 is 4.74 Å². The summed E-state index contributed by atoms with van der Waals surface area (Å²) in [5.74, 6) is 0.687. The fourth-order valence-electron chi connectivity index (χ4n) is 1.39. The molecule has 0 saturated heterocycles. The number of nitrogens with one attached hydrogen (secondary N) is 1. The Hall–Kier alpha value is -0.450. The third kappa shape index (κ3) is 6.76. The summed E-state index contributed by atoms with van der Waals surface area (Å²) in [4.78, 5) is 4.54. The predicted octanol–water partition coefficient (Wildman–Crippen LogP) is 3.21. The lowest BCUT2D eigenvalue weighted by molar-refractivity contribution is 0.116. The number of nitrogens with zero attached hydrogens (tertiary/aromatic N) is 1. The van der Waals surface area contributed by atoms with Crippen molar-refractivity contribution in [1.29, 1.82) is 0 Å². The molecule has 1 N–H and O–H groups in total. The van der Waals surface area contributed by atoms with Crippen LogP contribution < -0.4 is 5.32 Å². The molecule has 0 atom stereocenters. The van der Waals surface area contributed by atoms with Gasteiger partial charge in [0, 0.05) is 18.5 Å². The number of hydrogen-bond acceptors (Lipinski definition) is 4. The lowest BCUT2D eigenvalue weighted by Gasteiger charge is -2.04. The molecule has 0 aromatic carbocycles. The van der Waals surface area contributed by atoms with Crippen LogP contribution in [-0.4, -0.2) is 18.1 Å². The molecule has 0 aliphatic rings. The second-order valence-electron chi connectivity index (χ2n) is 4.66. The summed E-state index contributed by atoms with van der Waals surface area (Å²) in [6.07, 6.45) is 2.31. The van der Waals surface area contributed by atoms with Crippen LogP contribution in [0.1, 0.15) is 44.3 Å². The van der Waals surface area contributed by atoms with Crippen LogP contribution in [0.25, 0.3) is 0 Å². The zero-order valence-electron chi connectivity index (χ0n) is 11.2. The van der Waals surface area contributed by atoms with Crippen molar-refractivity contribution in [1.82, 2.24) is 10.3 Å². The van der Waals surface area contributed by atoms with Crippen LogP contribution >= 0.6 is 11.3 Å². The van der Waals surface area contributed by atoms with Gasteiger partial charge in [-0.3, -0.25) is 0 Å². The summed E-state index contributed by atoms with van der Waals surface area (Å²) in [5, 5.41) is 6.65. The van der Waals surface area contributed by atoms with Gasteiger partial charge in [0.05, 0.1) is 12.3 Å². The Morgan fingerprint density at radius 2 is 2.29 bits per heavy atom. The number of aromatic nitrogens is 1. The Kier molecular flexibility index (Phi) is 7.40. The maximum absolute atomic E-state index is 5.54. The van der Waals surface area contributed by atoms with Crippen LogP contribution in [0.3, 0.4) is 0 Å². The Balaban J connectivity index is 2.18. The summed E-state index contributed by atoms with van der Waals surface area (Å²) in [5.41, 5.74) is 1.06. The largest absolute Gasteiger partial charge is 0.375 e. The van der Waals surface area contributed by atoms with Crippen molar-refractivity contribution in [2.45, 2.75) is 46.8 Å². The first-order valence-corrected chi connectivity index (χ1v) is 7.32. The minimum atomic E-state index is 0.653. The maximum Gasteiger partial charge on any atom is 0.107 e. The van der Waals surface area contributed by atoms with E-state index >= 15 is 0 Å². The molecular formula is C13H24N2OS. The summed E-state index contributed by atoms with van der Waals surface area (Å²) in [6.45, 7) is 10.0. The van der Waals surface area contributed by atoms with E-state index in [-0.39, 0.29) is 0 Å². The van der Waals surface area contributed by atoms with Gasteiger partial charge in [-0.25, -0.2) is 4.98 Å². The summed E-state index contributed by atoms with van der Waals surface area (Å²) in [7, 11) is 0. The number of ether oxygens (including phenoxy) is 1. The van der Waals surface area contributed by atoms with Crippen molar-refractivity contribution in [3.63, 3.8) is 0 Å². The lowest BCUT2D eigenvalue weighted by Crippen LogP contribution is -2.18. The van der Waals surface area contributed by atoms with Gasteiger partial charge in [-0.15, -0.1) is 11.3 Å². The molecule has 17 heavy (non-hydrogen) atoms. The minimum Gasteiger partial charge on any atom is -0.375 e. The molecule has 1 rings (SSSR count). The highest BCUT2D eigenvalue weighted by atomic mass is 32.1. The number of unbranched alkanes of at least 4 members (excludes halogenated alkanes) is 1. The van der Waals surface area contributed by atoms with Crippen LogP contribution in [0.4, 0.5) is 0 Å². The van der Waals surface area contributed by atoms with Gasteiger partial charge in [0.1, 0.15) is 5.01 Å². The van der Waals surface area contributed by atoms with E-state index in [9.17, 15) is 0 Å². The van der Waals surface area contributed by atoms with Gasteiger partial charge in [0.25, 0.3) is 0 Å². The molecule has 4 heteroatoms. The molecule has 1 aromatic heterocycles. The molecule has 0 spiro atoms. The Morgan fingerprint density at radius 1 is 1.47 bits per heavy atom. The molecule has 3 nitrogen and oxygen atoms in total. The third-order valence-electron chi connectivity index (χ3n) is 2.32. The minimum absolute atomic E-state index is 0.653. The maximum atomic E-state index is 5.54. The average molecular weight is 256 g/mol. The topological polar surface area (TPSA) is 34.1 Å². The smallest absolute Gasteiger partial charge is 0.107 e. The van der Waals surface area contributed by atoms with Crippen LogP contribution in [0.15, 0.2) is 5.38 Å². The zero-order valence-corrected chi connectivity index (χ0v) is 12.0. The van der Waals surface area contributed by atoms with E-state index in [0.29, 0.717) is 12.5 Å². The fourth-order valence-corrected chi connectivity index (χ4v) is 2.14. The van der Waals surface area contributed by atoms with Gasteiger partial charge in [-0.2, -0.15) is 0 Å². The highest BCUT2D eigenvalue weighted by Gasteiger charge is 2.02. The molecule has 0 unspecified atom stereocenters. The van der Waals surface area contributed by atoms with E-state index in [1.165, 1.54) is 6.42 Å². The van der Waals surface area contributed by atoms with Gasteiger partial charge < -0.3 is 10.1 Å². The first-order chi connectivity index (χ1) is 8.22. The normalized spacial score (nSPS) is 11.3. The molecule has 0 radical (unpaired) electrons. The predicted molar refractivity (Wildman–Crippen MR) is 73.2 cm³/mol. The number of rotatable bonds is 9. The monoisotopic (exact) mass is 256 g/mol. The van der Waals surface area contributed by atoms with Gasteiger partial charge in [-0.1, -0.05) is 27.2 Å². The standard InChI is InChI=1S/C13H24N2OS/c1-4-5-6-16-9-12-10-17-13(15-12)8-14-7-11(2)3/h10-11,14H,4-9H2,1-3H3.